The quantitative estimate of drug-likeness (QED) is 0.118. The molecule has 0 radical (unpaired) electrons. The molecule has 0 bridgehead atoms. The number of ether oxygens (including phenoxy) is 2. The number of hydrogen-bond acceptors (Lipinski definition) is 5. The van der Waals surface area contributed by atoms with E-state index in [-0.39, 0.29) is 48.2 Å². The van der Waals surface area contributed by atoms with E-state index in [4.69, 9.17) is 9.47 Å². The summed E-state index contributed by atoms with van der Waals surface area (Å²) in [4.78, 5) is 35.0. The maximum absolute atomic E-state index is 13.2. The summed E-state index contributed by atoms with van der Waals surface area (Å²) in [6.07, 6.45) is 0.399. The number of aromatic carboxylic acids is 1. The number of carbonyl (C=O) groups is 3. The number of carbonyl (C=O) groups excluding carboxylic acids is 2. The van der Waals surface area contributed by atoms with Gasteiger partial charge in [0.25, 0.3) is 0 Å². The van der Waals surface area contributed by atoms with Crippen molar-refractivity contribution < 1.29 is 37.7 Å². The molecule has 0 amide bonds. The van der Waals surface area contributed by atoms with E-state index in [0.717, 1.165) is 44.9 Å². The molecule has 1 aromatic heterocycles. The number of carboxylic acids is 1. The highest BCUT2D eigenvalue weighted by Gasteiger charge is 2.17. The van der Waals surface area contributed by atoms with Crippen molar-refractivity contribution in [3.63, 3.8) is 0 Å². The van der Waals surface area contributed by atoms with Crippen LogP contribution in [0.15, 0.2) is 115 Å². The van der Waals surface area contributed by atoms with Crippen LogP contribution in [0.2, 0.25) is 0 Å². The van der Waals surface area contributed by atoms with Gasteiger partial charge in [-0.25, -0.2) is 13.6 Å². The molecule has 6 aromatic rings. The standard InChI is InChI=1S/C27H24FNO3.C19H19FO3/c1-17-4-13-26(32-16-20-7-9-21(28)10-8-20)24(14-17)25-12-6-19(3)29(25)22-11-5-18(2)23(15-22)27(30)31;1-13-3-10-19(17(11-13)18(22)9-4-14(2)21)23-12-15-5-7-16(20)8-6-15/h4-15H,16H2,1-3H3,(H,30,31);3,5-8,10-11H,4,9,12H2,1-2H3. The molecule has 1 heterocycles. The van der Waals surface area contributed by atoms with Crippen molar-refractivity contribution in [3.05, 3.63) is 172 Å². The Bertz CT molecular complexity index is 2310. The second kappa shape index (κ2) is 18.1. The van der Waals surface area contributed by atoms with Crippen LogP contribution in [0.4, 0.5) is 8.78 Å². The molecular formula is C46H43F2NO6. The van der Waals surface area contributed by atoms with Crippen molar-refractivity contribution in [1.29, 1.82) is 0 Å². The largest absolute Gasteiger partial charge is 0.488 e. The number of carboxylic acid groups (broad SMARTS) is 1. The van der Waals surface area contributed by atoms with Gasteiger partial charge in [-0.3, -0.25) is 4.79 Å². The maximum Gasteiger partial charge on any atom is 0.336 e. The average molecular weight is 744 g/mol. The summed E-state index contributed by atoms with van der Waals surface area (Å²) < 4.78 is 40.0. The normalized spacial score (nSPS) is 10.7. The van der Waals surface area contributed by atoms with Gasteiger partial charge >= 0.3 is 5.97 Å². The number of nitrogens with zero attached hydrogens (tertiary/aromatic N) is 1. The van der Waals surface area contributed by atoms with Gasteiger partial charge in [-0.15, -0.1) is 0 Å². The number of aromatic nitrogens is 1. The highest BCUT2D eigenvalue weighted by Crippen LogP contribution is 2.35. The Kier molecular flexibility index (Phi) is 13.1. The molecule has 55 heavy (non-hydrogen) atoms. The molecule has 9 heteroatoms. The number of halogens is 2. The minimum absolute atomic E-state index is 0.0141. The Morgan fingerprint density at radius 2 is 1.18 bits per heavy atom. The van der Waals surface area contributed by atoms with Gasteiger partial charge in [-0.05, 0) is 124 Å². The maximum atomic E-state index is 13.2. The van der Waals surface area contributed by atoms with Gasteiger partial charge in [-0.2, -0.15) is 0 Å². The molecule has 0 aliphatic carbocycles. The van der Waals surface area contributed by atoms with E-state index in [1.807, 2.05) is 67.8 Å². The number of hydrogen-bond donors (Lipinski definition) is 1. The lowest BCUT2D eigenvalue weighted by molar-refractivity contribution is -0.117. The molecule has 1 N–H and O–H groups in total. The molecule has 0 aliphatic rings. The van der Waals surface area contributed by atoms with Crippen LogP contribution in [0.3, 0.4) is 0 Å². The number of Topliss-reactive ketones (excluding diaryl/α,β-unsaturated/α-hetero) is 2. The average Bonchev–Trinajstić information content (AvgIpc) is 3.55. The van der Waals surface area contributed by atoms with Crippen LogP contribution in [0.25, 0.3) is 16.9 Å². The summed E-state index contributed by atoms with van der Waals surface area (Å²) >= 11 is 0. The number of benzene rings is 5. The lowest BCUT2D eigenvalue weighted by Gasteiger charge is -2.17. The summed E-state index contributed by atoms with van der Waals surface area (Å²) in [5.74, 6) is -0.480. The Balaban J connectivity index is 0.000000223. The van der Waals surface area contributed by atoms with Crippen molar-refractivity contribution in [2.75, 3.05) is 0 Å². The third-order valence-electron chi connectivity index (χ3n) is 8.95. The predicted molar refractivity (Wildman–Crippen MR) is 209 cm³/mol. The molecule has 0 unspecified atom stereocenters. The monoisotopic (exact) mass is 743 g/mol. The second-order valence-electron chi connectivity index (χ2n) is 13.5. The molecule has 282 valence electrons. The number of rotatable bonds is 13. The highest BCUT2D eigenvalue weighted by atomic mass is 19.1. The third-order valence-corrected chi connectivity index (χ3v) is 8.95. The molecule has 6 rings (SSSR count). The lowest BCUT2D eigenvalue weighted by atomic mass is 10.0. The van der Waals surface area contributed by atoms with Crippen LogP contribution in [-0.4, -0.2) is 27.2 Å². The zero-order valence-electron chi connectivity index (χ0n) is 31.5. The summed E-state index contributed by atoms with van der Waals surface area (Å²) in [5, 5.41) is 9.57. The lowest BCUT2D eigenvalue weighted by Crippen LogP contribution is -2.06. The topological polar surface area (TPSA) is 94.8 Å². The van der Waals surface area contributed by atoms with Crippen LogP contribution in [0.5, 0.6) is 11.5 Å². The minimum atomic E-state index is -0.949. The van der Waals surface area contributed by atoms with E-state index in [0.29, 0.717) is 29.2 Å². The molecule has 0 fully saturated rings. The van der Waals surface area contributed by atoms with E-state index in [9.17, 15) is 28.3 Å². The zero-order valence-corrected chi connectivity index (χ0v) is 31.5. The van der Waals surface area contributed by atoms with Gasteiger partial charge < -0.3 is 23.9 Å². The van der Waals surface area contributed by atoms with Gasteiger partial charge in [0, 0.05) is 29.8 Å². The smallest absolute Gasteiger partial charge is 0.336 e. The summed E-state index contributed by atoms with van der Waals surface area (Å²) in [5.41, 5.74) is 8.74. The SMILES string of the molecule is CC(=O)CCC(=O)c1cc(C)ccc1OCc1ccc(F)cc1.Cc1ccc(OCc2ccc(F)cc2)c(-c2ccc(C)n2-c2ccc(C)c(C(=O)O)c2)c1. The molecule has 7 nitrogen and oxygen atoms in total. The van der Waals surface area contributed by atoms with E-state index < -0.39 is 5.97 Å². The zero-order chi connectivity index (χ0) is 39.6. The van der Waals surface area contributed by atoms with Gasteiger partial charge in [0.15, 0.2) is 5.78 Å². The van der Waals surface area contributed by atoms with Gasteiger partial charge in [0.05, 0.1) is 16.8 Å². The molecular weight excluding hydrogens is 701 g/mol. The van der Waals surface area contributed by atoms with Gasteiger partial charge in [-0.1, -0.05) is 53.6 Å². The van der Waals surface area contributed by atoms with E-state index in [1.54, 1.807) is 49.4 Å². The van der Waals surface area contributed by atoms with E-state index >= 15 is 0 Å². The fraction of sp³-hybridized carbons (Fsp3) is 0.196. The summed E-state index contributed by atoms with van der Waals surface area (Å²) in [7, 11) is 0. The summed E-state index contributed by atoms with van der Waals surface area (Å²) in [6.45, 7) is 9.71. The van der Waals surface area contributed by atoms with Gasteiger partial charge in [0.1, 0.15) is 42.1 Å². The van der Waals surface area contributed by atoms with E-state index in [2.05, 4.69) is 6.07 Å². The minimum Gasteiger partial charge on any atom is -0.488 e. The molecule has 0 spiro atoms. The number of aryl methyl sites for hydroxylation is 4. The van der Waals surface area contributed by atoms with Crippen LogP contribution >= 0.6 is 0 Å². The number of ketones is 2. The van der Waals surface area contributed by atoms with Crippen LogP contribution in [0, 0.1) is 39.3 Å². The van der Waals surface area contributed by atoms with Crippen LogP contribution in [0.1, 0.15) is 74.0 Å². The highest BCUT2D eigenvalue weighted by molar-refractivity contribution is 6.00. The Hall–Kier alpha value is -6.35. The van der Waals surface area contributed by atoms with Gasteiger partial charge in [0.2, 0.25) is 0 Å². The fourth-order valence-corrected chi connectivity index (χ4v) is 5.94. The second-order valence-corrected chi connectivity index (χ2v) is 13.5. The molecule has 0 atom stereocenters. The Morgan fingerprint density at radius 1 is 0.618 bits per heavy atom. The van der Waals surface area contributed by atoms with Crippen LogP contribution < -0.4 is 9.47 Å². The molecule has 0 saturated heterocycles. The van der Waals surface area contributed by atoms with Crippen molar-refractivity contribution >= 4 is 17.5 Å². The first-order valence-electron chi connectivity index (χ1n) is 17.8. The third kappa shape index (κ3) is 10.6. The molecule has 0 saturated carbocycles. The first kappa shape index (κ1) is 39.8. The van der Waals surface area contributed by atoms with Crippen LogP contribution in [-0.2, 0) is 18.0 Å². The predicted octanol–water partition coefficient (Wildman–Crippen LogP) is 10.8. The first-order chi connectivity index (χ1) is 26.3. The first-order valence-corrected chi connectivity index (χ1v) is 17.8. The Labute approximate surface area is 319 Å². The summed E-state index contributed by atoms with van der Waals surface area (Å²) in [6, 6.07) is 33.1. The van der Waals surface area contributed by atoms with Crippen molar-refractivity contribution in [3.8, 4) is 28.4 Å². The molecule has 5 aromatic carbocycles. The van der Waals surface area contributed by atoms with Crippen molar-refractivity contribution in [1.82, 2.24) is 4.57 Å². The van der Waals surface area contributed by atoms with Crippen molar-refractivity contribution in [2.24, 2.45) is 0 Å². The Morgan fingerprint density at radius 3 is 1.76 bits per heavy atom. The van der Waals surface area contributed by atoms with Crippen molar-refractivity contribution in [2.45, 2.75) is 60.7 Å². The van der Waals surface area contributed by atoms with E-state index in [1.165, 1.54) is 31.2 Å². The fourth-order valence-electron chi connectivity index (χ4n) is 5.94. The molecule has 0 aliphatic heterocycles.